The van der Waals surface area contributed by atoms with Gasteiger partial charge in [0.15, 0.2) is 0 Å². The maximum Gasteiger partial charge on any atom is 0.138 e. The SMILES string of the molecule is NCCOc1ccc2c(c1)[nH]c1ncccc12. The molecule has 0 aliphatic heterocycles. The number of aromatic amines is 1. The molecule has 0 fully saturated rings. The molecule has 17 heavy (non-hydrogen) atoms. The molecule has 3 aromatic rings. The number of hydrogen-bond acceptors (Lipinski definition) is 3. The Morgan fingerprint density at radius 1 is 1.24 bits per heavy atom. The van der Waals surface area contributed by atoms with Gasteiger partial charge >= 0.3 is 0 Å². The van der Waals surface area contributed by atoms with E-state index in [0.717, 1.165) is 27.7 Å². The molecule has 4 heteroatoms. The number of nitrogens with one attached hydrogen (secondary N) is 1. The number of rotatable bonds is 3. The van der Waals surface area contributed by atoms with E-state index < -0.39 is 0 Å². The monoisotopic (exact) mass is 227 g/mol. The highest BCUT2D eigenvalue weighted by Gasteiger charge is 2.05. The van der Waals surface area contributed by atoms with Crippen molar-refractivity contribution in [3.63, 3.8) is 0 Å². The first-order valence-corrected chi connectivity index (χ1v) is 5.58. The first kappa shape index (κ1) is 10.1. The standard InChI is InChI=1S/C13H13N3O/c14-5-7-17-9-3-4-10-11-2-1-6-15-13(11)16-12(10)8-9/h1-4,6,8H,5,7,14H2,(H,15,16). The van der Waals surface area contributed by atoms with E-state index in [0.29, 0.717) is 13.2 Å². The quantitative estimate of drug-likeness (QED) is 0.719. The van der Waals surface area contributed by atoms with Gasteiger partial charge in [0, 0.05) is 29.6 Å². The molecule has 0 radical (unpaired) electrons. The minimum atomic E-state index is 0.520. The summed E-state index contributed by atoms with van der Waals surface area (Å²) in [5.41, 5.74) is 7.34. The fraction of sp³-hybridized carbons (Fsp3) is 0.154. The minimum Gasteiger partial charge on any atom is -0.492 e. The lowest BCUT2D eigenvalue weighted by Gasteiger charge is -2.03. The molecule has 0 aliphatic carbocycles. The zero-order chi connectivity index (χ0) is 11.7. The number of fused-ring (bicyclic) bond motifs is 3. The maximum atomic E-state index is 5.49. The summed E-state index contributed by atoms with van der Waals surface area (Å²) in [5, 5.41) is 2.29. The highest BCUT2D eigenvalue weighted by molar-refractivity contribution is 6.06. The van der Waals surface area contributed by atoms with E-state index in [9.17, 15) is 0 Å². The predicted molar refractivity (Wildman–Crippen MR) is 68.1 cm³/mol. The molecule has 0 spiro atoms. The van der Waals surface area contributed by atoms with E-state index in [1.54, 1.807) is 6.20 Å². The molecule has 0 atom stereocenters. The first-order chi connectivity index (χ1) is 8.38. The van der Waals surface area contributed by atoms with Gasteiger partial charge in [-0.3, -0.25) is 0 Å². The van der Waals surface area contributed by atoms with Crippen LogP contribution in [0.15, 0.2) is 36.5 Å². The van der Waals surface area contributed by atoms with Gasteiger partial charge in [0.2, 0.25) is 0 Å². The molecule has 1 aromatic carbocycles. The molecule has 0 aliphatic rings. The van der Waals surface area contributed by atoms with Crippen LogP contribution in [-0.4, -0.2) is 23.1 Å². The summed E-state index contributed by atoms with van der Waals surface area (Å²) in [6.45, 7) is 1.05. The van der Waals surface area contributed by atoms with Gasteiger partial charge in [-0.2, -0.15) is 0 Å². The van der Waals surface area contributed by atoms with Crippen LogP contribution in [0.3, 0.4) is 0 Å². The Labute approximate surface area is 98.4 Å². The van der Waals surface area contributed by atoms with Gasteiger partial charge in [0.25, 0.3) is 0 Å². The normalized spacial score (nSPS) is 11.1. The van der Waals surface area contributed by atoms with Crippen LogP contribution in [0.25, 0.3) is 21.9 Å². The molecule has 0 bridgehead atoms. The van der Waals surface area contributed by atoms with Crippen molar-refractivity contribution in [1.82, 2.24) is 9.97 Å². The van der Waals surface area contributed by atoms with E-state index in [1.807, 2.05) is 24.3 Å². The van der Waals surface area contributed by atoms with Gasteiger partial charge in [-0.1, -0.05) is 0 Å². The first-order valence-electron chi connectivity index (χ1n) is 5.58. The fourth-order valence-electron chi connectivity index (χ4n) is 1.98. The van der Waals surface area contributed by atoms with Crippen molar-refractivity contribution in [3.05, 3.63) is 36.5 Å². The summed E-state index contributed by atoms with van der Waals surface area (Å²) < 4.78 is 5.49. The molecule has 0 unspecified atom stereocenters. The van der Waals surface area contributed by atoms with E-state index in [1.165, 1.54) is 0 Å². The smallest absolute Gasteiger partial charge is 0.138 e. The topological polar surface area (TPSA) is 63.9 Å². The second kappa shape index (κ2) is 4.07. The Balaban J connectivity index is 2.13. The lowest BCUT2D eigenvalue weighted by Crippen LogP contribution is -2.10. The molecule has 4 nitrogen and oxygen atoms in total. The van der Waals surface area contributed by atoms with Crippen LogP contribution in [0.5, 0.6) is 5.75 Å². The number of hydrogen-bond donors (Lipinski definition) is 2. The number of H-pyrrole nitrogens is 1. The molecule has 3 rings (SSSR count). The largest absolute Gasteiger partial charge is 0.492 e. The van der Waals surface area contributed by atoms with Crippen LogP contribution < -0.4 is 10.5 Å². The van der Waals surface area contributed by atoms with Crippen LogP contribution in [0, 0.1) is 0 Å². The summed E-state index contributed by atoms with van der Waals surface area (Å²) in [6, 6.07) is 9.97. The van der Waals surface area contributed by atoms with Gasteiger partial charge in [-0.15, -0.1) is 0 Å². The van der Waals surface area contributed by atoms with Crippen LogP contribution in [-0.2, 0) is 0 Å². The van der Waals surface area contributed by atoms with Crippen molar-refractivity contribution in [1.29, 1.82) is 0 Å². The second-order valence-electron chi connectivity index (χ2n) is 3.87. The van der Waals surface area contributed by atoms with Crippen molar-refractivity contribution in [3.8, 4) is 5.75 Å². The fourth-order valence-corrected chi connectivity index (χ4v) is 1.98. The molecule has 2 aromatic heterocycles. The number of nitrogens with zero attached hydrogens (tertiary/aromatic N) is 1. The lowest BCUT2D eigenvalue weighted by molar-refractivity contribution is 0.329. The summed E-state index contributed by atoms with van der Waals surface area (Å²) in [6.07, 6.45) is 1.78. The van der Waals surface area contributed by atoms with Gasteiger partial charge in [-0.25, -0.2) is 4.98 Å². The lowest BCUT2D eigenvalue weighted by atomic mass is 10.2. The third-order valence-corrected chi connectivity index (χ3v) is 2.73. The minimum absolute atomic E-state index is 0.520. The van der Waals surface area contributed by atoms with Crippen molar-refractivity contribution in [2.45, 2.75) is 0 Å². The van der Waals surface area contributed by atoms with E-state index in [4.69, 9.17) is 10.5 Å². The van der Waals surface area contributed by atoms with E-state index >= 15 is 0 Å². The Kier molecular flexibility index (Phi) is 2.42. The molecule has 0 saturated heterocycles. The van der Waals surface area contributed by atoms with Crippen LogP contribution in [0.1, 0.15) is 0 Å². The Bertz CT molecular complexity index is 660. The molecular weight excluding hydrogens is 214 g/mol. The van der Waals surface area contributed by atoms with Gasteiger partial charge in [0.1, 0.15) is 18.0 Å². The van der Waals surface area contributed by atoms with Gasteiger partial charge < -0.3 is 15.5 Å². The molecule has 3 N–H and O–H groups in total. The van der Waals surface area contributed by atoms with Gasteiger partial charge in [-0.05, 0) is 24.3 Å². The van der Waals surface area contributed by atoms with Gasteiger partial charge in [0.05, 0.1) is 5.52 Å². The summed E-state index contributed by atoms with van der Waals surface area (Å²) >= 11 is 0. The van der Waals surface area contributed by atoms with Crippen LogP contribution in [0.4, 0.5) is 0 Å². The van der Waals surface area contributed by atoms with Crippen LogP contribution in [0.2, 0.25) is 0 Å². The zero-order valence-electron chi connectivity index (χ0n) is 9.31. The van der Waals surface area contributed by atoms with E-state index in [2.05, 4.69) is 16.0 Å². The predicted octanol–water partition coefficient (Wildman–Crippen LogP) is 2.05. The van der Waals surface area contributed by atoms with E-state index in [-0.39, 0.29) is 0 Å². The number of aromatic nitrogens is 2. The van der Waals surface area contributed by atoms with Crippen molar-refractivity contribution >= 4 is 21.9 Å². The summed E-state index contributed by atoms with van der Waals surface area (Å²) in [7, 11) is 0. The zero-order valence-corrected chi connectivity index (χ0v) is 9.31. The average Bonchev–Trinajstić information content (AvgIpc) is 2.74. The third kappa shape index (κ3) is 1.72. The summed E-state index contributed by atoms with van der Waals surface area (Å²) in [4.78, 5) is 7.57. The molecule has 2 heterocycles. The second-order valence-corrected chi connectivity index (χ2v) is 3.87. The average molecular weight is 227 g/mol. The molecular formula is C13H13N3O. The number of benzene rings is 1. The highest BCUT2D eigenvalue weighted by atomic mass is 16.5. The van der Waals surface area contributed by atoms with Crippen LogP contribution >= 0.6 is 0 Å². The Morgan fingerprint density at radius 2 is 2.18 bits per heavy atom. The molecule has 0 saturated carbocycles. The van der Waals surface area contributed by atoms with Crippen molar-refractivity contribution in [2.24, 2.45) is 5.73 Å². The Morgan fingerprint density at radius 3 is 3.06 bits per heavy atom. The Hall–Kier alpha value is -2.07. The third-order valence-electron chi connectivity index (χ3n) is 2.73. The molecule has 86 valence electrons. The maximum absolute atomic E-state index is 5.49. The number of pyridine rings is 1. The summed E-state index contributed by atoms with van der Waals surface area (Å²) in [5.74, 6) is 0.828. The number of ether oxygens (including phenoxy) is 1. The number of nitrogens with two attached hydrogens (primary N) is 1. The van der Waals surface area contributed by atoms with Crippen molar-refractivity contribution < 1.29 is 4.74 Å². The molecule has 0 amide bonds. The highest BCUT2D eigenvalue weighted by Crippen LogP contribution is 2.26. The van der Waals surface area contributed by atoms with Crippen molar-refractivity contribution in [2.75, 3.05) is 13.2 Å².